The molecule has 100 valence electrons. The summed E-state index contributed by atoms with van der Waals surface area (Å²) >= 11 is 0. The van der Waals surface area contributed by atoms with E-state index in [1.54, 1.807) is 0 Å². The van der Waals surface area contributed by atoms with Crippen LogP contribution in [-0.4, -0.2) is 11.0 Å². The van der Waals surface area contributed by atoms with E-state index < -0.39 is 0 Å². The predicted molar refractivity (Wildman–Crippen MR) is 80.4 cm³/mol. The van der Waals surface area contributed by atoms with Gasteiger partial charge >= 0.3 is 0 Å². The van der Waals surface area contributed by atoms with Crippen LogP contribution in [0.4, 0.5) is 0 Å². The third-order valence-corrected chi connectivity index (χ3v) is 3.90. The van der Waals surface area contributed by atoms with E-state index in [0.29, 0.717) is 5.92 Å². The largest absolute Gasteiger partial charge is 0.310 e. The Hall–Kier alpha value is -1.41. The van der Waals surface area contributed by atoms with Crippen molar-refractivity contribution in [3.05, 3.63) is 41.1 Å². The topological polar surface area (TPSA) is 24.9 Å². The highest BCUT2D eigenvalue weighted by Gasteiger charge is 2.20. The normalized spacial score (nSPS) is 15.4. The van der Waals surface area contributed by atoms with E-state index in [1.807, 2.05) is 0 Å². The van der Waals surface area contributed by atoms with Gasteiger partial charge in [-0.05, 0) is 42.9 Å². The smallest absolute Gasteiger partial charge is 0.0737 e. The van der Waals surface area contributed by atoms with E-state index >= 15 is 0 Å². The summed E-state index contributed by atoms with van der Waals surface area (Å²) in [4.78, 5) is 4.85. The van der Waals surface area contributed by atoms with E-state index in [2.05, 4.69) is 50.4 Å². The molecule has 1 saturated carbocycles. The number of benzene rings is 1. The molecule has 0 amide bonds. The van der Waals surface area contributed by atoms with Gasteiger partial charge in [0.05, 0.1) is 5.52 Å². The molecule has 0 bridgehead atoms. The van der Waals surface area contributed by atoms with Gasteiger partial charge in [-0.2, -0.15) is 0 Å². The standard InChI is InChI=1S/C17H22N2/c1-11(2)16-9-13(10-18-14-7-8-14)15-6-4-5-12(3)17(15)19-16/h4-6,9,11,14,18H,7-8,10H2,1-3H3. The summed E-state index contributed by atoms with van der Waals surface area (Å²) in [7, 11) is 0. The van der Waals surface area contributed by atoms with Gasteiger partial charge in [0.1, 0.15) is 0 Å². The Labute approximate surface area is 115 Å². The van der Waals surface area contributed by atoms with Gasteiger partial charge in [-0.25, -0.2) is 0 Å². The first-order valence-corrected chi connectivity index (χ1v) is 7.27. The van der Waals surface area contributed by atoms with Crippen molar-refractivity contribution in [2.75, 3.05) is 0 Å². The van der Waals surface area contributed by atoms with Crippen molar-refractivity contribution in [3.8, 4) is 0 Å². The lowest BCUT2D eigenvalue weighted by Gasteiger charge is -2.13. The second-order valence-corrected chi connectivity index (χ2v) is 5.99. The van der Waals surface area contributed by atoms with Crippen LogP contribution in [0.1, 0.15) is 49.4 Å². The maximum absolute atomic E-state index is 4.85. The highest BCUT2D eigenvalue weighted by molar-refractivity contribution is 5.85. The maximum Gasteiger partial charge on any atom is 0.0737 e. The van der Waals surface area contributed by atoms with Crippen molar-refractivity contribution in [2.45, 2.75) is 52.1 Å². The minimum absolute atomic E-state index is 0.476. The van der Waals surface area contributed by atoms with Crippen molar-refractivity contribution in [2.24, 2.45) is 0 Å². The van der Waals surface area contributed by atoms with Crippen LogP contribution in [-0.2, 0) is 6.54 Å². The summed E-state index contributed by atoms with van der Waals surface area (Å²) in [6, 6.07) is 9.51. The maximum atomic E-state index is 4.85. The fraction of sp³-hybridized carbons (Fsp3) is 0.471. The molecule has 19 heavy (non-hydrogen) atoms. The molecule has 0 unspecified atom stereocenters. The molecule has 0 saturated heterocycles. The van der Waals surface area contributed by atoms with Gasteiger partial charge in [0, 0.05) is 23.7 Å². The number of nitrogens with zero attached hydrogens (tertiary/aromatic N) is 1. The summed E-state index contributed by atoms with van der Waals surface area (Å²) in [5.41, 5.74) is 5.03. The van der Waals surface area contributed by atoms with Crippen molar-refractivity contribution < 1.29 is 0 Å². The molecule has 0 atom stereocenters. The third kappa shape index (κ3) is 2.64. The van der Waals surface area contributed by atoms with Gasteiger partial charge in [0.2, 0.25) is 0 Å². The van der Waals surface area contributed by atoms with Gasteiger partial charge < -0.3 is 5.32 Å². The number of hydrogen-bond acceptors (Lipinski definition) is 2. The number of fused-ring (bicyclic) bond motifs is 1. The number of hydrogen-bond donors (Lipinski definition) is 1. The third-order valence-electron chi connectivity index (χ3n) is 3.90. The van der Waals surface area contributed by atoms with Crippen LogP contribution in [0.25, 0.3) is 10.9 Å². The summed E-state index contributed by atoms with van der Waals surface area (Å²) in [5, 5.41) is 4.93. The Bertz CT molecular complexity index is 597. The van der Waals surface area contributed by atoms with Crippen LogP contribution in [0, 0.1) is 6.92 Å². The number of para-hydroxylation sites is 1. The average molecular weight is 254 g/mol. The van der Waals surface area contributed by atoms with E-state index in [-0.39, 0.29) is 0 Å². The van der Waals surface area contributed by atoms with Gasteiger partial charge in [-0.3, -0.25) is 4.98 Å². The molecule has 1 fully saturated rings. The van der Waals surface area contributed by atoms with Crippen molar-refractivity contribution in [1.82, 2.24) is 10.3 Å². The van der Waals surface area contributed by atoms with E-state index in [1.165, 1.54) is 40.6 Å². The molecule has 0 aliphatic heterocycles. The van der Waals surface area contributed by atoms with Gasteiger partial charge in [-0.1, -0.05) is 32.0 Å². The number of rotatable bonds is 4. The molecule has 2 heteroatoms. The molecular weight excluding hydrogens is 232 g/mol. The first-order chi connectivity index (χ1) is 9.15. The van der Waals surface area contributed by atoms with Crippen molar-refractivity contribution in [1.29, 1.82) is 0 Å². The van der Waals surface area contributed by atoms with Gasteiger partial charge in [0.15, 0.2) is 0 Å². The quantitative estimate of drug-likeness (QED) is 0.894. The molecule has 1 heterocycles. The summed E-state index contributed by atoms with van der Waals surface area (Å²) in [6.07, 6.45) is 2.66. The minimum atomic E-state index is 0.476. The molecule has 1 aliphatic rings. The lowest BCUT2D eigenvalue weighted by molar-refractivity contribution is 0.688. The van der Waals surface area contributed by atoms with E-state index in [0.717, 1.165) is 12.6 Å². The van der Waals surface area contributed by atoms with Crippen molar-refractivity contribution >= 4 is 10.9 Å². The molecule has 0 spiro atoms. The Kier molecular flexibility index (Phi) is 3.28. The Morgan fingerprint density at radius 2 is 2.11 bits per heavy atom. The lowest BCUT2D eigenvalue weighted by Crippen LogP contribution is -2.16. The van der Waals surface area contributed by atoms with Gasteiger partial charge in [0.25, 0.3) is 0 Å². The van der Waals surface area contributed by atoms with E-state index in [9.17, 15) is 0 Å². The fourth-order valence-electron chi connectivity index (χ4n) is 2.47. The predicted octanol–water partition coefficient (Wildman–Crippen LogP) is 3.92. The second kappa shape index (κ2) is 4.93. The van der Waals surface area contributed by atoms with Crippen LogP contribution in [0.3, 0.4) is 0 Å². The van der Waals surface area contributed by atoms with Crippen LogP contribution in [0.15, 0.2) is 24.3 Å². The number of aromatic nitrogens is 1. The second-order valence-electron chi connectivity index (χ2n) is 5.99. The summed E-state index contributed by atoms with van der Waals surface area (Å²) < 4.78 is 0. The fourth-order valence-corrected chi connectivity index (χ4v) is 2.47. The summed E-state index contributed by atoms with van der Waals surface area (Å²) in [6.45, 7) is 7.54. The highest BCUT2D eigenvalue weighted by Crippen LogP contribution is 2.26. The summed E-state index contributed by atoms with van der Waals surface area (Å²) in [5.74, 6) is 0.476. The minimum Gasteiger partial charge on any atom is -0.310 e. The Morgan fingerprint density at radius 1 is 1.32 bits per heavy atom. The van der Waals surface area contributed by atoms with Crippen LogP contribution in [0.5, 0.6) is 0 Å². The molecule has 1 aromatic carbocycles. The first kappa shape index (κ1) is 12.6. The monoisotopic (exact) mass is 254 g/mol. The molecule has 1 aliphatic carbocycles. The molecule has 2 aromatic rings. The number of pyridine rings is 1. The SMILES string of the molecule is Cc1cccc2c(CNC3CC3)cc(C(C)C)nc12. The Balaban J connectivity index is 2.07. The molecular formula is C17H22N2. The highest BCUT2D eigenvalue weighted by atomic mass is 14.9. The molecule has 2 nitrogen and oxygen atoms in total. The first-order valence-electron chi connectivity index (χ1n) is 7.27. The zero-order chi connectivity index (χ0) is 13.4. The Morgan fingerprint density at radius 3 is 2.79 bits per heavy atom. The average Bonchev–Trinajstić information content (AvgIpc) is 3.20. The number of aryl methyl sites for hydroxylation is 1. The van der Waals surface area contributed by atoms with E-state index in [4.69, 9.17) is 4.98 Å². The molecule has 1 aromatic heterocycles. The lowest BCUT2D eigenvalue weighted by atomic mass is 10.0. The molecule has 0 radical (unpaired) electrons. The van der Waals surface area contributed by atoms with Crippen LogP contribution < -0.4 is 5.32 Å². The zero-order valence-electron chi connectivity index (χ0n) is 12.0. The van der Waals surface area contributed by atoms with Crippen molar-refractivity contribution in [3.63, 3.8) is 0 Å². The zero-order valence-corrected chi connectivity index (χ0v) is 12.0. The van der Waals surface area contributed by atoms with Gasteiger partial charge in [-0.15, -0.1) is 0 Å². The van der Waals surface area contributed by atoms with Crippen LogP contribution >= 0.6 is 0 Å². The molecule has 1 N–H and O–H groups in total. The van der Waals surface area contributed by atoms with Crippen LogP contribution in [0.2, 0.25) is 0 Å². The number of nitrogens with one attached hydrogen (secondary N) is 1. The molecule has 3 rings (SSSR count).